The van der Waals surface area contributed by atoms with Crippen molar-refractivity contribution in [2.75, 3.05) is 12.8 Å². The zero-order chi connectivity index (χ0) is 15.2. The van der Waals surface area contributed by atoms with Crippen LogP contribution in [0.25, 0.3) is 0 Å². The Balaban J connectivity index is 2.50. The topological polar surface area (TPSA) is 38.3 Å². The van der Waals surface area contributed by atoms with Crippen LogP contribution in [0, 0.1) is 0 Å². The van der Waals surface area contributed by atoms with Gasteiger partial charge in [0.1, 0.15) is 5.75 Å². The number of nitrogens with one attached hydrogen (secondary N) is 1. The maximum absolute atomic E-state index is 12.2. The first-order valence-corrected chi connectivity index (χ1v) is 7.78. The molecule has 0 saturated carbocycles. The molecular weight excluding hydrogens is 291 g/mol. The molecular formula is C13H18F3NO2S. The number of ether oxygens (including phenoxy) is 1. The summed E-state index contributed by atoms with van der Waals surface area (Å²) in [5, 5.41) is 3.09. The highest BCUT2D eigenvalue weighted by atomic mass is 32.2. The van der Waals surface area contributed by atoms with Gasteiger partial charge in [0.05, 0.1) is 0 Å². The van der Waals surface area contributed by atoms with E-state index in [0.29, 0.717) is 18.5 Å². The quantitative estimate of drug-likeness (QED) is 0.787. The molecule has 1 rings (SSSR count). The van der Waals surface area contributed by atoms with E-state index in [9.17, 15) is 17.4 Å². The Morgan fingerprint density at radius 1 is 1.35 bits per heavy atom. The average molecular weight is 309 g/mol. The first-order valence-electron chi connectivity index (χ1n) is 6.16. The molecule has 20 heavy (non-hydrogen) atoms. The Morgan fingerprint density at radius 2 is 2.00 bits per heavy atom. The Bertz CT molecular complexity index is 451. The number of benzene rings is 1. The van der Waals surface area contributed by atoms with Crippen LogP contribution in [0.3, 0.4) is 0 Å². The molecule has 0 spiro atoms. The van der Waals surface area contributed by atoms with Gasteiger partial charge in [-0.25, -0.2) is 0 Å². The Labute approximate surface area is 119 Å². The normalized spacial score (nSPS) is 14.8. The van der Waals surface area contributed by atoms with Crippen LogP contribution in [-0.4, -0.2) is 28.6 Å². The lowest BCUT2D eigenvalue weighted by Gasteiger charge is -2.14. The van der Waals surface area contributed by atoms with Crippen LogP contribution in [0.15, 0.2) is 24.3 Å². The molecule has 0 aromatic heterocycles. The van der Waals surface area contributed by atoms with Crippen LogP contribution in [0.4, 0.5) is 13.2 Å². The highest BCUT2D eigenvalue weighted by Crippen LogP contribution is 2.25. The second kappa shape index (κ2) is 7.64. The summed E-state index contributed by atoms with van der Waals surface area (Å²) in [5.41, 5.74) is 0.440. The summed E-state index contributed by atoms with van der Waals surface area (Å²) in [4.78, 5) is 0. The summed E-state index contributed by atoms with van der Waals surface area (Å²) in [5.74, 6) is -0.195. The molecule has 2 atom stereocenters. The van der Waals surface area contributed by atoms with Crippen molar-refractivity contribution in [3.8, 4) is 5.75 Å². The first-order chi connectivity index (χ1) is 9.29. The fraction of sp³-hybridized carbons (Fsp3) is 0.538. The minimum atomic E-state index is -4.69. The van der Waals surface area contributed by atoms with Gasteiger partial charge in [-0.1, -0.05) is 25.1 Å². The van der Waals surface area contributed by atoms with Gasteiger partial charge in [0.2, 0.25) is 0 Å². The molecule has 1 aromatic rings. The Morgan fingerprint density at radius 3 is 2.60 bits per heavy atom. The highest BCUT2D eigenvalue weighted by Gasteiger charge is 2.31. The first kappa shape index (κ1) is 17.0. The molecule has 2 unspecified atom stereocenters. The van der Waals surface area contributed by atoms with E-state index < -0.39 is 17.2 Å². The van der Waals surface area contributed by atoms with Crippen molar-refractivity contribution in [1.29, 1.82) is 0 Å². The fourth-order valence-electron chi connectivity index (χ4n) is 1.57. The van der Waals surface area contributed by atoms with Crippen LogP contribution in [-0.2, 0) is 17.3 Å². The van der Waals surface area contributed by atoms with Crippen molar-refractivity contribution in [2.24, 2.45) is 0 Å². The van der Waals surface area contributed by atoms with Gasteiger partial charge in [0, 0.05) is 34.4 Å². The lowest BCUT2D eigenvalue weighted by molar-refractivity contribution is -0.274. The van der Waals surface area contributed by atoms with Crippen LogP contribution in [0.2, 0.25) is 0 Å². The molecule has 0 amide bonds. The predicted molar refractivity (Wildman–Crippen MR) is 73.0 cm³/mol. The molecule has 0 aliphatic carbocycles. The Kier molecular flexibility index (Phi) is 6.48. The number of rotatable bonds is 7. The van der Waals surface area contributed by atoms with Crippen LogP contribution < -0.4 is 10.1 Å². The largest absolute Gasteiger partial charge is 0.573 e. The minimum Gasteiger partial charge on any atom is -0.405 e. The highest BCUT2D eigenvalue weighted by molar-refractivity contribution is 7.84. The fourth-order valence-corrected chi connectivity index (χ4v) is 2.02. The smallest absolute Gasteiger partial charge is 0.405 e. The van der Waals surface area contributed by atoms with E-state index in [1.54, 1.807) is 18.4 Å². The van der Waals surface area contributed by atoms with Gasteiger partial charge in [-0.05, 0) is 19.0 Å². The molecule has 0 fully saturated rings. The third kappa shape index (κ3) is 6.38. The Hall–Kier alpha value is -1.08. The van der Waals surface area contributed by atoms with Gasteiger partial charge in [-0.3, -0.25) is 4.21 Å². The molecule has 0 aliphatic heterocycles. The summed E-state index contributed by atoms with van der Waals surface area (Å²) in [6.45, 7) is 2.73. The van der Waals surface area contributed by atoms with E-state index in [0.717, 1.165) is 0 Å². The second-order valence-corrected chi connectivity index (χ2v) is 6.23. The number of alkyl halides is 3. The lowest BCUT2D eigenvalue weighted by atomic mass is 10.2. The maximum Gasteiger partial charge on any atom is 0.573 e. The van der Waals surface area contributed by atoms with E-state index in [2.05, 4.69) is 10.1 Å². The SMILES string of the molecule is CC(CCNCc1ccccc1OC(F)(F)F)S(C)=O. The summed E-state index contributed by atoms with van der Waals surface area (Å²) >= 11 is 0. The molecule has 0 saturated heterocycles. The zero-order valence-electron chi connectivity index (χ0n) is 11.4. The van der Waals surface area contributed by atoms with Gasteiger partial charge in [-0.15, -0.1) is 13.2 Å². The molecule has 3 nitrogen and oxygen atoms in total. The van der Waals surface area contributed by atoms with E-state index >= 15 is 0 Å². The summed E-state index contributed by atoms with van der Waals surface area (Å²) < 4.78 is 51.8. The molecule has 0 heterocycles. The van der Waals surface area contributed by atoms with Gasteiger partial charge < -0.3 is 10.1 Å². The summed E-state index contributed by atoms with van der Waals surface area (Å²) in [6, 6.07) is 6.01. The van der Waals surface area contributed by atoms with E-state index in [-0.39, 0.29) is 17.5 Å². The van der Waals surface area contributed by atoms with Crippen molar-refractivity contribution in [2.45, 2.75) is 31.5 Å². The van der Waals surface area contributed by atoms with Gasteiger partial charge in [0.25, 0.3) is 0 Å². The van der Waals surface area contributed by atoms with Gasteiger partial charge >= 0.3 is 6.36 Å². The van der Waals surface area contributed by atoms with E-state index in [4.69, 9.17) is 0 Å². The van der Waals surface area contributed by atoms with E-state index in [1.807, 2.05) is 6.92 Å². The third-order valence-electron chi connectivity index (χ3n) is 2.81. The van der Waals surface area contributed by atoms with Crippen molar-refractivity contribution >= 4 is 10.8 Å². The van der Waals surface area contributed by atoms with Crippen LogP contribution >= 0.6 is 0 Å². The summed E-state index contributed by atoms with van der Waals surface area (Å²) in [6.07, 6.45) is -2.35. The average Bonchev–Trinajstić information content (AvgIpc) is 2.34. The maximum atomic E-state index is 12.2. The zero-order valence-corrected chi connectivity index (χ0v) is 12.2. The second-order valence-electron chi connectivity index (χ2n) is 4.43. The standard InChI is InChI=1S/C13H18F3NO2S/c1-10(20(2)18)7-8-17-9-11-5-3-4-6-12(11)19-13(14,15)16/h3-6,10,17H,7-9H2,1-2H3. The molecule has 114 valence electrons. The molecule has 0 radical (unpaired) electrons. The minimum absolute atomic E-state index is 0.0594. The summed E-state index contributed by atoms with van der Waals surface area (Å²) in [7, 11) is -0.890. The van der Waals surface area contributed by atoms with E-state index in [1.165, 1.54) is 12.1 Å². The van der Waals surface area contributed by atoms with Gasteiger partial charge in [0.15, 0.2) is 0 Å². The van der Waals surface area contributed by atoms with Crippen molar-refractivity contribution in [3.63, 3.8) is 0 Å². The number of hydrogen-bond acceptors (Lipinski definition) is 3. The van der Waals surface area contributed by atoms with Gasteiger partial charge in [-0.2, -0.15) is 0 Å². The predicted octanol–water partition coefficient (Wildman–Crippen LogP) is 2.83. The van der Waals surface area contributed by atoms with Crippen molar-refractivity contribution in [1.82, 2.24) is 5.32 Å². The molecule has 7 heteroatoms. The molecule has 1 aromatic carbocycles. The number of para-hydroxylation sites is 1. The number of halogens is 3. The monoisotopic (exact) mass is 309 g/mol. The molecule has 0 bridgehead atoms. The van der Waals surface area contributed by atoms with Crippen molar-refractivity contribution in [3.05, 3.63) is 29.8 Å². The van der Waals surface area contributed by atoms with Crippen LogP contribution in [0.1, 0.15) is 18.9 Å². The third-order valence-corrected chi connectivity index (χ3v) is 4.18. The molecule has 0 aliphatic rings. The van der Waals surface area contributed by atoms with Crippen molar-refractivity contribution < 1.29 is 22.1 Å². The molecule has 1 N–H and O–H groups in total. The number of hydrogen-bond donors (Lipinski definition) is 1. The lowest BCUT2D eigenvalue weighted by Crippen LogP contribution is -2.22. The van der Waals surface area contributed by atoms with Crippen LogP contribution in [0.5, 0.6) is 5.75 Å².